The quantitative estimate of drug-likeness (QED) is 0.276. The number of ether oxygens (including phenoxy) is 1. The molecule has 0 heterocycles. The van der Waals surface area contributed by atoms with E-state index in [1.165, 1.54) is 25.7 Å². The average Bonchev–Trinajstić information content (AvgIpc) is 2.96. The Morgan fingerprint density at radius 2 is 2.00 bits per heavy atom. The fourth-order valence-corrected chi connectivity index (χ4v) is 3.39. The normalized spacial score (nSPS) is 16.7. The molecule has 2 rings (SSSR count). The first-order valence-corrected chi connectivity index (χ1v) is 7.67. The van der Waals surface area contributed by atoms with Gasteiger partial charge in [0.15, 0.2) is 5.84 Å². The van der Waals surface area contributed by atoms with E-state index < -0.39 is 0 Å². The van der Waals surface area contributed by atoms with Crippen molar-refractivity contribution in [3.8, 4) is 5.75 Å². The number of amidine groups is 1. The Labute approximate surface area is 118 Å². The molecule has 0 bridgehead atoms. The summed E-state index contributed by atoms with van der Waals surface area (Å²) < 4.78 is 5.67. The molecule has 1 aromatic rings. The van der Waals surface area contributed by atoms with Crippen LogP contribution in [0.25, 0.3) is 0 Å². The summed E-state index contributed by atoms with van der Waals surface area (Å²) in [7, 11) is 0. The summed E-state index contributed by atoms with van der Waals surface area (Å²) in [4.78, 5) is 0. The highest BCUT2D eigenvalue weighted by Crippen LogP contribution is 2.29. The van der Waals surface area contributed by atoms with Crippen LogP contribution in [0.3, 0.4) is 0 Å². The van der Waals surface area contributed by atoms with Crippen LogP contribution in [0, 0.1) is 0 Å². The Kier molecular flexibility index (Phi) is 5.39. The Morgan fingerprint density at radius 1 is 1.32 bits per heavy atom. The molecule has 0 spiro atoms. The van der Waals surface area contributed by atoms with Crippen LogP contribution in [0.2, 0.25) is 0 Å². The fraction of sp³-hybridized carbons (Fsp3) is 0.500. The Bertz CT molecular complexity index is 414. The van der Waals surface area contributed by atoms with Crippen LogP contribution < -0.4 is 10.5 Å². The minimum absolute atomic E-state index is 0.114. The van der Waals surface area contributed by atoms with Gasteiger partial charge in [-0.1, -0.05) is 18.0 Å². The summed E-state index contributed by atoms with van der Waals surface area (Å²) in [6.07, 6.45) is 5.49. The molecule has 0 aliphatic heterocycles. The highest BCUT2D eigenvalue weighted by Gasteiger charge is 2.14. The van der Waals surface area contributed by atoms with Crippen molar-refractivity contribution in [1.29, 1.82) is 0 Å². The molecule has 0 amide bonds. The summed E-state index contributed by atoms with van der Waals surface area (Å²) in [6.45, 7) is 0.726. The molecular weight excluding hydrogens is 260 g/mol. The number of rotatable bonds is 6. The van der Waals surface area contributed by atoms with Crippen LogP contribution >= 0.6 is 11.8 Å². The van der Waals surface area contributed by atoms with Gasteiger partial charge in [0.05, 0.1) is 6.61 Å². The van der Waals surface area contributed by atoms with Gasteiger partial charge in [0.25, 0.3) is 0 Å². The number of thioether (sulfide) groups is 1. The molecule has 1 aromatic carbocycles. The molecule has 3 N–H and O–H groups in total. The second-order valence-electron chi connectivity index (χ2n) is 4.64. The molecule has 0 unspecified atom stereocenters. The third kappa shape index (κ3) is 4.35. The van der Waals surface area contributed by atoms with Gasteiger partial charge in [-0.25, -0.2) is 0 Å². The maximum absolute atomic E-state index is 8.56. The van der Waals surface area contributed by atoms with E-state index in [9.17, 15) is 0 Å². The zero-order chi connectivity index (χ0) is 13.5. The molecule has 1 fully saturated rings. The lowest BCUT2D eigenvalue weighted by Gasteiger charge is -2.10. The van der Waals surface area contributed by atoms with Gasteiger partial charge in [-0.15, -0.1) is 0 Å². The molecule has 1 saturated carbocycles. The fourth-order valence-electron chi connectivity index (χ4n) is 2.21. The lowest BCUT2D eigenvalue weighted by atomic mass is 10.2. The number of nitrogens with zero attached hydrogens (tertiary/aromatic N) is 1. The zero-order valence-corrected chi connectivity index (χ0v) is 11.7. The first-order valence-electron chi connectivity index (χ1n) is 6.62. The van der Waals surface area contributed by atoms with Gasteiger partial charge in [-0.05, 0) is 37.1 Å². The molecule has 0 radical (unpaired) electrons. The van der Waals surface area contributed by atoms with Crippen LogP contribution in [-0.2, 0) is 0 Å². The van der Waals surface area contributed by atoms with E-state index in [1.807, 2.05) is 23.9 Å². The molecule has 0 atom stereocenters. The third-order valence-corrected chi connectivity index (χ3v) is 4.61. The van der Waals surface area contributed by atoms with E-state index in [0.717, 1.165) is 23.4 Å². The van der Waals surface area contributed by atoms with Gasteiger partial charge < -0.3 is 15.7 Å². The molecular formula is C14H20N2O2S. The number of hydrogen-bond donors (Lipinski definition) is 2. The molecule has 0 aromatic heterocycles. The standard InChI is InChI=1S/C14H20N2O2S/c15-14(16-17)11-5-7-12(8-6-11)18-9-10-19-13-3-1-2-4-13/h5-8,13,17H,1-4,9-10H2,(H2,15,16). The number of benzene rings is 1. The molecule has 104 valence electrons. The monoisotopic (exact) mass is 280 g/mol. The molecule has 19 heavy (non-hydrogen) atoms. The van der Waals surface area contributed by atoms with Crippen molar-refractivity contribution in [3.63, 3.8) is 0 Å². The number of hydrogen-bond acceptors (Lipinski definition) is 4. The summed E-state index contributed by atoms with van der Waals surface area (Å²) in [5, 5.41) is 12.4. The highest BCUT2D eigenvalue weighted by atomic mass is 32.2. The first-order chi connectivity index (χ1) is 9.29. The molecule has 4 nitrogen and oxygen atoms in total. The topological polar surface area (TPSA) is 67.8 Å². The molecule has 5 heteroatoms. The van der Waals surface area contributed by atoms with Gasteiger partial charge in [0, 0.05) is 16.6 Å². The average molecular weight is 280 g/mol. The van der Waals surface area contributed by atoms with E-state index >= 15 is 0 Å². The smallest absolute Gasteiger partial charge is 0.170 e. The van der Waals surface area contributed by atoms with Crippen molar-refractivity contribution in [2.75, 3.05) is 12.4 Å². The molecule has 1 aliphatic carbocycles. The number of oxime groups is 1. The van der Waals surface area contributed by atoms with Crippen molar-refractivity contribution < 1.29 is 9.94 Å². The van der Waals surface area contributed by atoms with Gasteiger partial charge in [-0.3, -0.25) is 0 Å². The minimum Gasteiger partial charge on any atom is -0.493 e. The summed E-state index contributed by atoms with van der Waals surface area (Å²) in [6, 6.07) is 7.25. The summed E-state index contributed by atoms with van der Waals surface area (Å²) >= 11 is 2.02. The minimum atomic E-state index is 0.114. The van der Waals surface area contributed by atoms with Crippen LogP contribution in [0.15, 0.2) is 29.4 Å². The first kappa shape index (κ1) is 14.1. The van der Waals surface area contributed by atoms with Crippen molar-refractivity contribution in [1.82, 2.24) is 0 Å². The van der Waals surface area contributed by atoms with Gasteiger partial charge >= 0.3 is 0 Å². The highest BCUT2D eigenvalue weighted by molar-refractivity contribution is 7.99. The van der Waals surface area contributed by atoms with E-state index in [0.29, 0.717) is 5.56 Å². The second-order valence-corrected chi connectivity index (χ2v) is 6.04. The second kappa shape index (κ2) is 7.28. The van der Waals surface area contributed by atoms with Crippen molar-refractivity contribution in [2.24, 2.45) is 10.9 Å². The van der Waals surface area contributed by atoms with E-state index in [2.05, 4.69) is 5.16 Å². The SMILES string of the molecule is NC(=NO)c1ccc(OCCSC2CCCC2)cc1. The molecule has 1 aliphatic rings. The predicted octanol–water partition coefficient (Wildman–Crippen LogP) is 2.84. The van der Waals surface area contributed by atoms with Crippen LogP contribution in [0.5, 0.6) is 5.75 Å². The van der Waals surface area contributed by atoms with Gasteiger partial charge in [-0.2, -0.15) is 11.8 Å². The van der Waals surface area contributed by atoms with Crippen molar-refractivity contribution in [2.45, 2.75) is 30.9 Å². The van der Waals surface area contributed by atoms with Gasteiger partial charge in [0.2, 0.25) is 0 Å². The summed E-state index contributed by atoms with van der Waals surface area (Å²) in [5.74, 6) is 1.97. The zero-order valence-electron chi connectivity index (χ0n) is 10.9. The van der Waals surface area contributed by atoms with Crippen LogP contribution in [-0.4, -0.2) is 28.7 Å². The van der Waals surface area contributed by atoms with Crippen molar-refractivity contribution in [3.05, 3.63) is 29.8 Å². The largest absolute Gasteiger partial charge is 0.493 e. The summed E-state index contributed by atoms with van der Waals surface area (Å²) in [5.41, 5.74) is 6.18. The Morgan fingerprint density at radius 3 is 2.63 bits per heavy atom. The Hall–Kier alpha value is -1.36. The predicted molar refractivity (Wildman–Crippen MR) is 79.2 cm³/mol. The third-order valence-electron chi connectivity index (χ3n) is 3.27. The maximum Gasteiger partial charge on any atom is 0.170 e. The van der Waals surface area contributed by atoms with Crippen LogP contribution in [0.1, 0.15) is 31.2 Å². The van der Waals surface area contributed by atoms with Gasteiger partial charge in [0.1, 0.15) is 5.75 Å². The van der Waals surface area contributed by atoms with E-state index in [4.69, 9.17) is 15.7 Å². The van der Waals surface area contributed by atoms with E-state index in [-0.39, 0.29) is 5.84 Å². The lowest BCUT2D eigenvalue weighted by Crippen LogP contribution is -2.12. The van der Waals surface area contributed by atoms with E-state index in [1.54, 1.807) is 12.1 Å². The number of nitrogens with two attached hydrogens (primary N) is 1. The van der Waals surface area contributed by atoms with Crippen LogP contribution in [0.4, 0.5) is 0 Å². The lowest BCUT2D eigenvalue weighted by molar-refractivity contribution is 0.318. The molecule has 0 saturated heterocycles. The Balaban J connectivity index is 1.70. The van der Waals surface area contributed by atoms with Crippen molar-refractivity contribution >= 4 is 17.6 Å². The maximum atomic E-state index is 8.56.